The van der Waals surface area contributed by atoms with Gasteiger partial charge in [-0.1, -0.05) is 107 Å². The van der Waals surface area contributed by atoms with Gasteiger partial charge in [0, 0.05) is 6.54 Å². The summed E-state index contributed by atoms with van der Waals surface area (Å²) in [6.07, 6.45) is 0.410. The van der Waals surface area contributed by atoms with Crippen LogP contribution in [0.5, 0.6) is 23.0 Å². The van der Waals surface area contributed by atoms with Crippen molar-refractivity contribution >= 4 is 11.9 Å². The van der Waals surface area contributed by atoms with Crippen molar-refractivity contribution < 1.29 is 34.8 Å². The molecule has 8 heteroatoms. The number of hydrogen-bond acceptors (Lipinski definition) is 7. The molecular weight excluding hydrogens is 679 g/mol. The number of carbonyl (C=O) groups is 2. The lowest BCUT2D eigenvalue weighted by Crippen LogP contribution is -2.25. The minimum atomic E-state index is -0.330. The lowest BCUT2D eigenvalue weighted by molar-refractivity contribution is -0.144. The molecule has 1 amide bonds. The molecule has 0 bridgehead atoms. The first kappa shape index (κ1) is 43.4. The summed E-state index contributed by atoms with van der Waals surface area (Å²) in [4.78, 5) is 24.4. The molecule has 0 aliphatic heterocycles. The highest BCUT2D eigenvalue weighted by atomic mass is 16.5. The van der Waals surface area contributed by atoms with Gasteiger partial charge in [0.15, 0.2) is 0 Å². The molecule has 0 heterocycles. The first-order valence-electron chi connectivity index (χ1n) is 18.5. The highest BCUT2D eigenvalue weighted by molar-refractivity contribution is 5.78. The van der Waals surface area contributed by atoms with Gasteiger partial charge < -0.3 is 30.5 Å². The normalized spacial score (nSPS) is 12.1. The summed E-state index contributed by atoms with van der Waals surface area (Å²) in [6.45, 7) is 25.3. The summed E-state index contributed by atoms with van der Waals surface area (Å²) in [6, 6.07) is 20.9. The highest BCUT2D eigenvalue weighted by Gasteiger charge is 2.28. The Morgan fingerprint density at radius 1 is 0.500 bits per heavy atom. The number of amides is 1. The summed E-state index contributed by atoms with van der Waals surface area (Å²) >= 11 is 0. The summed E-state index contributed by atoms with van der Waals surface area (Å²) < 4.78 is 5.45. The van der Waals surface area contributed by atoms with Crippen LogP contribution in [0.2, 0.25) is 0 Å². The molecule has 0 saturated carbocycles. The van der Waals surface area contributed by atoms with Crippen LogP contribution in [0.1, 0.15) is 128 Å². The second kappa shape index (κ2) is 17.0. The van der Waals surface area contributed by atoms with Crippen LogP contribution >= 0.6 is 0 Å². The Morgan fingerprint density at radius 3 is 1.19 bits per heavy atom. The molecule has 0 aromatic heterocycles. The van der Waals surface area contributed by atoms with Gasteiger partial charge in [0.1, 0.15) is 29.6 Å². The van der Waals surface area contributed by atoms with Crippen molar-refractivity contribution in [2.45, 2.75) is 131 Å². The maximum Gasteiger partial charge on any atom is 0.310 e. The van der Waals surface area contributed by atoms with E-state index < -0.39 is 0 Å². The number of phenols is 4. The molecule has 0 radical (unpaired) electrons. The van der Waals surface area contributed by atoms with E-state index in [0.717, 1.165) is 44.5 Å². The minimum absolute atomic E-state index is 0.0802. The van der Waals surface area contributed by atoms with Gasteiger partial charge in [-0.3, -0.25) is 9.59 Å². The predicted molar refractivity (Wildman–Crippen MR) is 216 cm³/mol. The van der Waals surface area contributed by atoms with Crippen LogP contribution in [0, 0.1) is 0 Å². The Hall–Kier alpha value is -4.98. The average Bonchev–Trinajstić information content (AvgIpc) is 3.04. The monoisotopic (exact) mass is 739 g/mol. The van der Waals surface area contributed by atoms with Gasteiger partial charge in [0.05, 0.1) is 12.8 Å². The van der Waals surface area contributed by atoms with Gasteiger partial charge in [0.2, 0.25) is 5.91 Å². The van der Waals surface area contributed by atoms with Crippen LogP contribution in [0.25, 0.3) is 0 Å². The molecule has 4 aromatic rings. The first-order valence-corrected chi connectivity index (χ1v) is 18.5. The van der Waals surface area contributed by atoms with Crippen molar-refractivity contribution in [1.82, 2.24) is 5.32 Å². The molecule has 0 fully saturated rings. The number of rotatable bonds is 8. The number of phenolic OH excluding ortho intramolecular Hbond substituents is 4. The summed E-state index contributed by atoms with van der Waals surface area (Å²) in [5.74, 6) is 0.600. The summed E-state index contributed by atoms with van der Waals surface area (Å²) in [5.41, 5.74) is 6.09. The predicted octanol–water partition coefficient (Wildman–Crippen LogP) is 9.53. The third kappa shape index (κ3) is 12.6. The lowest BCUT2D eigenvalue weighted by atomic mass is 9.78. The fraction of sp³-hybridized carbons (Fsp3) is 0.435. The van der Waals surface area contributed by atoms with Crippen molar-refractivity contribution in [1.29, 1.82) is 0 Å². The lowest BCUT2D eigenvalue weighted by Gasteiger charge is -2.28. The molecule has 4 aromatic carbocycles. The number of esters is 1. The SMILES string of the molecule is CC(C)(C)c1cc(CNC(=O)Cc2ccc(O)cc2)cc(C(C)(C)C)c1O.CC(C)(C)c1cc(COC(=O)Cc2ccc(O)cc2)cc(C(C)(C)C)c1O. The molecule has 292 valence electrons. The van der Waals surface area contributed by atoms with Crippen LogP contribution in [-0.4, -0.2) is 32.3 Å². The Labute approximate surface area is 322 Å². The van der Waals surface area contributed by atoms with E-state index in [1.54, 1.807) is 48.5 Å². The Balaban J connectivity index is 0.000000290. The zero-order valence-electron chi connectivity index (χ0n) is 34.3. The number of nitrogens with one attached hydrogen (secondary N) is 1. The second-order valence-electron chi connectivity index (χ2n) is 18.2. The smallest absolute Gasteiger partial charge is 0.310 e. The van der Waals surface area contributed by atoms with Crippen molar-refractivity contribution in [3.05, 3.63) is 117 Å². The molecule has 0 aliphatic carbocycles. The van der Waals surface area contributed by atoms with Crippen molar-refractivity contribution in [2.24, 2.45) is 0 Å². The van der Waals surface area contributed by atoms with Crippen molar-refractivity contribution in [3.63, 3.8) is 0 Å². The molecule has 8 nitrogen and oxygen atoms in total. The van der Waals surface area contributed by atoms with Crippen LogP contribution in [-0.2, 0) is 62.0 Å². The number of carbonyl (C=O) groups excluding carboxylic acids is 2. The van der Waals surface area contributed by atoms with Crippen LogP contribution in [0.4, 0.5) is 0 Å². The molecule has 54 heavy (non-hydrogen) atoms. The molecule has 0 saturated heterocycles. The van der Waals surface area contributed by atoms with E-state index >= 15 is 0 Å². The number of ether oxygens (including phenoxy) is 1. The number of hydrogen-bond donors (Lipinski definition) is 5. The minimum Gasteiger partial charge on any atom is -0.508 e. The maximum absolute atomic E-state index is 12.3. The number of aromatic hydroxyl groups is 4. The van der Waals surface area contributed by atoms with E-state index in [2.05, 4.69) is 88.4 Å². The molecule has 0 unspecified atom stereocenters. The fourth-order valence-electron chi connectivity index (χ4n) is 5.92. The quantitative estimate of drug-likeness (QED) is 0.114. The van der Waals surface area contributed by atoms with Gasteiger partial charge in [0.25, 0.3) is 0 Å². The van der Waals surface area contributed by atoms with Crippen LogP contribution in [0.3, 0.4) is 0 Å². The highest BCUT2D eigenvalue weighted by Crippen LogP contribution is 2.41. The molecule has 0 atom stereocenters. The topological polar surface area (TPSA) is 136 Å². The maximum atomic E-state index is 12.3. The van der Waals surface area contributed by atoms with Crippen molar-refractivity contribution in [2.75, 3.05) is 0 Å². The van der Waals surface area contributed by atoms with Gasteiger partial charge in [-0.05, 0) is 115 Å². The van der Waals surface area contributed by atoms with Crippen LogP contribution in [0.15, 0.2) is 72.8 Å². The second-order valence-corrected chi connectivity index (χ2v) is 18.2. The van der Waals surface area contributed by atoms with Gasteiger partial charge in [-0.15, -0.1) is 0 Å². The van der Waals surface area contributed by atoms with Crippen molar-refractivity contribution in [3.8, 4) is 23.0 Å². The molecule has 0 spiro atoms. The van der Waals surface area contributed by atoms with Gasteiger partial charge in [-0.25, -0.2) is 0 Å². The number of benzene rings is 4. The average molecular weight is 740 g/mol. The zero-order chi connectivity index (χ0) is 40.8. The summed E-state index contributed by atoms with van der Waals surface area (Å²) in [5, 5.41) is 43.1. The standard InChI is InChI=1S/C23H31NO3.C23H30O4/c1-22(2,3)18-11-16(12-19(21(18)27)23(4,5)6)14-24-20(26)13-15-7-9-17(25)10-8-15;1-22(2,3)18-11-16(12-19(21(18)26)23(4,5)6)14-27-20(25)13-15-7-9-17(24)10-8-15/h7-12,25,27H,13-14H2,1-6H3,(H,24,26);7-12,24,26H,13-14H2,1-6H3. The molecular formula is C46H61NO7. The van der Waals surface area contributed by atoms with E-state index in [1.807, 2.05) is 24.3 Å². The zero-order valence-corrected chi connectivity index (χ0v) is 34.3. The van der Waals surface area contributed by atoms with E-state index in [9.17, 15) is 30.0 Å². The third-order valence-corrected chi connectivity index (χ3v) is 9.05. The largest absolute Gasteiger partial charge is 0.508 e. The Kier molecular flexibility index (Phi) is 13.7. The molecule has 5 N–H and O–H groups in total. The van der Waals surface area contributed by atoms with Gasteiger partial charge >= 0.3 is 5.97 Å². The molecule has 4 rings (SSSR count). The Bertz CT molecular complexity index is 1690. The van der Waals surface area contributed by atoms with E-state index in [0.29, 0.717) is 18.0 Å². The summed E-state index contributed by atoms with van der Waals surface area (Å²) in [7, 11) is 0. The fourth-order valence-corrected chi connectivity index (χ4v) is 5.92. The van der Waals surface area contributed by atoms with Gasteiger partial charge in [-0.2, -0.15) is 0 Å². The third-order valence-electron chi connectivity index (χ3n) is 9.05. The van der Waals surface area contributed by atoms with E-state index in [4.69, 9.17) is 4.74 Å². The first-order chi connectivity index (χ1) is 24.8. The van der Waals surface area contributed by atoms with E-state index in [1.165, 1.54) is 0 Å². The van der Waals surface area contributed by atoms with Crippen LogP contribution < -0.4 is 5.32 Å². The van der Waals surface area contributed by atoms with E-state index in [-0.39, 0.29) is 64.5 Å². The molecule has 0 aliphatic rings. The Morgan fingerprint density at radius 2 is 0.833 bits per heavy atom.